The van der Waals surface area contributed by atoms with Crippen LogP contribution < -0.4 is 5.32 Å². The summed E-state index contributed by atoms with van der Waals surface area (Å²) in [5.74, 6) is 1.58. The van der Waals surface area contributed by atoms with Crippen LogP contribution in [0.1, 0.15) is 38.4 Å². The zero-order valence-corrected chi connectivity index (χ0v) is 15.9. The number of furan rings is 1. The second-order valence-corrected chi connectivity index (χ2v) is 7.18. The highest BCUT2D eigenvalue weighted by Crippen LogP contribution is 2.27. The van der Waals surface area contributed by atoms with Gasteiger partial charge in [0.1, 0.15) is 0 Å². The van der Waals surface area contributed by atoms with Crippen molar-refractivity contribution in [2.75, 3.05) is 5.75 Å². The van der Waals surface area contributed by atoms with E-state index in [0.29, 0.717) is 16.7 Å². The van der Waals surface area contributed by atoms with Crippen LogP contribution in [0, 0.1) is 0 Å². The molecule has 0 aliphatic carbocycles. The van der Waals surface area contributed by atoms with Crippen molar-refractivity contribution in [1.82, 2.24) is 20.1 Å². The number of thioether (sulfide) groups is 1. The lowest BCUT2D eigenvalue weighted by atomic mass is 10.1. The van der Waals surface area contributed by atoms with Gasteiger partial charge in [-0.2, -0.15) is 0 Å². The van der Waals surface area contributed by atoms with E-state index in [-0.39, 0.29) is 23.7 Å². The Morgan fingerprint density at radius 2 is 1.92 bits per heavy atom. The molecule has 0 bridgehead atoms. The molecule has 2 heterocycles. The lowest BCUT2D eigenvalue weighted by Crippen LogP contribution is -2.28. The van der Waals surface area contributed by atoms with E-state index in [0.717, 1.165) is 5.56 Å². The van der Waals surface area contributed by atoms with E-state index in [2.05, 4.69) is 29.4 Å². The van der Waals surface area contributed by atoms with Crippen molar-refractivity contribution in [3.63, 3.8) is 0 Å². The average molecular weight is 370 g/mol. The summed E-state index contributed by atoms with van der Waals surface area (Å²) in [6.45, 7) is 6.08. The molecular formula is C19H22N4O2S. The van der Waals surface area contributed by atoms with Gasteiger partial charge in [-0.25, -0.2) is 0 Å². The van der Waals surface area contributed by atoms with Crippen LogP contribution in [0.4, 0.5) is 0 Å². The van der Waals surface area contributed by atoms with Crippen molar-refractivity contribution in [1.29, 1.82) is 0 Å². The van der Waals surface area contributed by atoms with Gasteiger partial charge in [-0.3, -0.25) is 9.36 Å². The lowest BCUT2D eigenvalue weighted by Gasteiger charge is -2.15. The Hall–Kier alpha value is -2.54. The SMILES string of the molecule is CC(NC(=O)CSc1nnc(-c2ccco2)n1C(C)C)c1ccccc1. The minimum absolute atomic E-state index is 0.0362. The second kappa shape index (κ2) is 8.23. The van der Waals surface area contributed by atoms with Gasteiger partial charge in [0.15, 0.2) is 10.9 Å². The molecule has 136 valence electrons. The van der Waals surface area contributed by atoms with E-state index < -0.39 is 0 Å². The zero-order chi connectivity index (χ0) is 18.5. The van der Waals surface area contributed by atoms with Crippen molar-refractivity contribution in [2.24, 2.45) is 0 Å². The van der Waals surface area contributed by atoms with Gasteiger partial charge >= 0.3 is 0 Å². The Balaban J connectivity index is 1.65. The van der Waals surface area contributed by atoms with Crippen LogP contribution in [0.2, 0.25) is 0 Å². The van der Waals surface area contributed by atoms with Crippen molar-refractivity contribution in [3.05, 3.63) is 54.3 Å². The van der Waals surface area contributed by atoms with Crippen molar-refractivity contribution in [3.8, 4) is 11.6 Å². The molecule has 1 amide bonds. The first-order valence-electron chi connectivity index (χ1n) is 8.52. The van der Waals surface area contributed by atoms with Gasteiger partial charge < -0.3 is 9.73 Å². The monoisotopic (exact) mass is 370 g/mol. The highest BCUT2D eigenvalue weighted by molar-refractivity contribution is 7.99. The molecule has 7 heteroatoms. The van der Waals surface area contributed by atoms with Crippen LogP contribution in [0.3, 0.4) is 0 Å². The van der Waals surface area contributed by atoms with Gasteiger partial charge in [0, 0.05) is 6.04 Å². The number of aromatic nitrogens is 3. The second-order valence-electron chi connectivity index (χ2n) is 6.24. The van der Waals surface area contributed by atoms with Crippen LogP contribution in [-0.2, 0) is 4.79 Å². The van der Waals surface area contributed by atoms with Gasteiger partial charge in [-0.15, -0.1) is 10.2 Å². The van der Waals surface area contributed by atoms with E-state index in [1.807, 2.05) is 54.0 Å². The number of nitrogens with zero attached hydrogens (tertiary/aromatic N) is 3. The molecule has 3 aromatic rings. The third kappa shape index (κ3) is 4.16. The number of hydrogen-bond donors (Lipinski definition) is 1. The molecule has 1 N–H and O–H groups in total. The van der Waals surface area contributed by atoms with Crippen LogP contribution >= 0.6 is 11.8 Å². The minimum atomic E-state index is -0.0378. The third-order valence-corrected chi connectivity index (χ3v) is 4.87. The summed E-state index contributed by atoms with van der Waals surface area (Å²) in [4.78, 5) is 12.3. The molecule has 0 radical (unpaired) electrons. The van der Waals surface area contributed by atoms with E-state index in [1.165, 1.54) is 11.8 Å². The van der Waals surface area contributed by atoms with E-state index in [1.54, 1.807) is 6.26 Å². The summed E-state index contributed by atoms with van der Waals surface area (Å²) in [6, 6.07) is 13.7. The number of rotatable bonds is 7. The predicted octanol–water partition coefficient (Wildman–Crippen LogP) is 4.09. The van der Waals surface area contributed by atoms with Crippen LogP contribution in [0.15, 0.2) is 58.3 Å². The van der Waals surface area contributed by atoms with Crippen molar-refractivity contribution in [2.45, 2.75) is 38.0 Å². The smallest absolute Gasteiger partial charge is 0.230 e. The fraction of sp³-hybridized carbons (Fsp3) is 0.316. The number of carbonyl (C=O) groups excluding carboxylic acids is 1. The fourth-order valence-corrected chi connectivity index (χ4v) is 3.53. The summed E-state index contributed by atoms with van der Waals surface area (Å²) in [7, 11) is 0. The highest BCUT2D eigenvalue weighted by atomic mass is 32.2. The van der Waals surface area contributed by atoms with Gasteiger partial charge in [0.25, 0.3) is 0 Å². The van der Waals surface area contributed by atoms with Gasteiger partial charge in [0.05, 0.1) is 18.1 Å². The average Bonchev–Trinajstić information content (AvgIpc) is 3.29. The molecule has 1 aromatic carbocycles. The molecule has 0 aliphatic rings. The Morgan fingerprint density at radius 1 is 1.15 bits per heavy atom. The molecule has 0 saturated carbocycles. The summed E-state index contributed by atoms with van der Waals surface area (Å²) in [5, 5.41) is 12.2. The Labute approximate surface area is 157 Å². The first kappa shape index (κ1) is 18.3. The number of amides is 1. The number of hydrogen-bond acceptors (Lipinski definition) is 5. The summed E-state index contributed by atoms with van der Waals surface area (Å²) >= 11 is 1.37. The fourth-order valence-electron chi connectivity index (χ4n) is 2.65. The molecule has 0 spiro atoms. The summed E-state index contributed by atoms with van der Waals surface area (Å²) in [6.07, 6.45) is 1.61. The van der Waals surface area contributed by atoms with Crippen LogP contribution in [0.5, 0.6) is 0 Å². The maximum absolute atomic E-state index is 12.3. The van der Waals surface area contributed by atoms with Crippen molar-refractivity contribution < 1.29 is 9.21 Å². The van der Waals surface area contributed by atoms with Gasteiger partial charge in [-0.05, 0) is 38.5 Å². The maximum atomic E-state index is 12.3. The molecule has 26 heavy (non-hydrogen) atoms. The molecular weight excluding hydrogens is 348 g/mol. The highest BCUT2D eigenvalue weighted by Gasteiger charge is 2.19. The largest absolute Gasteiger partial charge is 0.461 e. The van der Waals surface area contributed by atoms with Crippen LogP contribution in [0.25, 0.3) is 11.6 Å². The van der Waals surface area contributed by atoms with E-state index in [9.17, 15) is 4.79 Å². The van der Waals surface area contributed by atoms with Crippen molar-refractivity contribution >= 4 is 17.7 Å². The first-order chi connectivity index (χ1) is 12.6. The number of nitrogens with one attached hydrogen (secondary N) is 1. The van der Waals surface area contributed by atoms with Gasteiger partial charge in [0.2, 0.25) is 11.7 Å². The molecule has 1 unspecified atom stereocenters. The Kier molecular flexibility index (Phi) is 5.78. The van der Waals surface area contributed by atoms with Gasteiger partial charge in [-0.1, -0.05) is 42.1 Å². The number of benzene rings is 1. The quantitative estimate of drug-likeness (QED) is 0.634. The van der Waals surface area contributed by atoms with Crippen LogP contribution in [-0.4, -0.2) is 26.4 Å². The number of carbonyl (C=O) groups is 1. The standard InChI is InChI=1S/C19H22N4O2S/c1-13(2)23-18(16-10-7-11-25-16)21-22-19(23)26-12-17(24)20-14(3)15-8-5-4-6-9-15/h4-11,13-14H,12H2,1-3H3,(H,20,24). The Bertz CT molecular complexity index is 844. The topological polar surface area (TPSA) is 73.0 Å². The predicted molar refractivity (Wildman–Crippen MR) is 102 cm³/mol. The molecule has 6 nitrogen and oxygen atoms in total. The molecule has 2 aromatic heterocycles. The molecule has 1 atom stereocenters. The molecule has 3 rings (SSSR count). The van der Waals surface area contributed by atoms with E-state index >= 15 is 0 Å². The normalized spacial score (nSPS) is 12.3. The third-order valence-electron chi connectivity index (χ3n) is 3.93. The molecule has 0 aliphatic heterocycles. The first-order valence-corrected chi connectivity index (χ1v) is 9.50. The minimum Gasteiger partial charge on any atom is -0.461 e. The zero-order valence-electron chi connectivity index (χ0n) is 15.0. The maximum Gasteiger partial charge on any atom is 0.230 e. The van der Waals surface area contributed by atoms with E-state index in [4.69, 9.17) is 4.42 Å². The lowest BCUT2D eigenvalue weighted by molar-refractivity contribution is -0.119. The molecule has 0 fully saturated rings. The summed E-state index contributed by atoms with van der Waals surface area (Å²) < 4.78 is 7.42. The Morgan fingerprint density at radius 3 is 2.58 bits per heavy atom. The molecule has 0 saturated heterocycles. The summed E-state index contributed by atoms with van der Waals surface area (Å²) in [5.41, 5.74) is 1.08.